The fraction of sp³-hybridized carbons (Fsp3) is 0.417. The summed E-state index contributed by atoms with van der Waals surface area (Å²) < 4.78 is 17.5. The van der Waals surface area contributed by atoms with Gasteiger partial charge in [0.05, 0.1) is 30.4 Å². The lowest BCUT2D eigenvalue weighted by Crippen LogP contribution is -2.29. The second-order valence-electron chi connectivity index (χ2n) is 8.30. The van der Waals surface area contributed by atoms with Crippen LogP contribution in [0.25, 0.3) is 0 Å². The molecule has 2 aromatic carbocycles. The average molecular weight is 392 g/mol. The maximum absolute atomic E-state index is 12.5. The first-order valence-electron chi connectivity index (χ1n) is 10.3. The van der Waals surface area contributed by atoms with Crippen LogP contribution in [0.15, 0.2) is 60.7 Å². The average Bonchev–Trinajstić information content (AvgIpc) is 3.43. The van der Waals surface area contributed by atoms with Crippen LogP contribution in [0.3, 0.4) is 0 Å². The third-order valence-electron chi connectivity index (χ3n) is 6.71. The van der Waals surface area contributed by atoms with Crippen molar-refractivity contribution >= 4 is 11.9 Å². The Morgan fingerprint density at radius 3 is 2.24 bits per heavy atom. The minimum atomic E-state index is -0.297. The molecule has 5 rings (SSSR count). The van der Waals surface area contributed by atoms with Gasteiger partial charge >= 0.3 is 11.9 Å². The Hall–Kier alpha value is -2.66. The van der Waals surface area contributed by atoms with Crippen molar-refractivity contribution in [2.24, 2.45) is 23.7 Å². The van der Waals surface area contributed by atoms with E-state index in [1.54, 1.807) is 24.3 Å². The minimum Gasteiger partial charge on any atom is -0.462 e. The van der Waals surface area contributed by atoms with E-state index >= 15 is 0 Å². The molecule has 29 heavy (non-hydrogen) atoms. The van der Waals surface area contributed by atoms with Crippen molar-refractivity contribution in [1.82, 2.24) is 0 Å². The SMILES string of the molecule is O=C(OC[C@H]1C[C@H]2CO[C@@H]3[C@H]2[C@H]1C[C@H]3OC(=O)c1ccccc1)c1ccccc1. The Kier molecular flexibility index (Phi) is 4.84. The molecule has 1 aliphatic heterocycles. The molecule has 3 aliphatic rings. The zero-order valence-electron chi connectivity index (χ0n) is 16.1. The molecule has 2 aromatic rings. The molecule has 0 aromatic heterocycles. The Balaban J connectivity index is 1.23. The van der Waals surface area contributed by atoms with Crippen LogP contribution < -0.4 is 0 Å². The Bertz CT molecular complexity index is 881. The summed E-state index contributed by atoms with van der Waals surface area (Å²) in [6.07, 6.45) is 1.52. The number of hydrogen-bond acceptors (Lipinski definition) is 5. The van der Waals surface area contributed by atoms with Crippen molar-refractivity contribution < 1.29 is 23.8 Å². The van der Waals surface area contributed by atoms with E-state index in [4.69, 9.17) is 14.2 Å². The summed E-state index contributed by atoms with van der Waals surface area (Å²) in [7, 11) is 0. The van der Waals surface area contributed by atoms with Crippen LogP contribution in [0, 0.1) is 23.7 Å². The lowest BCUT2D eigenvalue weighted by molar-refractivity contribution is -0.0225. The quantitative estimate of drug-likeness (QED) is 0.726. The molecule has 1 heterocycles. The smallest absolute Gasteiger partial charge is 0.338 e. The van der Waals surface area contributed by atoms with Crippen LogP contribution in [0.4, 0.5) is 0 Å². The number of benzene rings is 2. The van der Waals surface area contributed by atoms with Gasteiger partial charge in [-0.15, -0.1) is 0 Å². The highest BCUT2D eigenvalue weighted by molar-refractivity contribution is 5.89. The summed E-state index contributed by atoms with van der Waals surface area (Å²) >= 11 is 0. The lowest BCUT2D eigenvalue weighted by Gasteiger charge is -2.19. The van der Waals surface area contributed by atoms with Crippen molar-refractivity contribution in [1.29, 1.82) is 0 Å². The highest BCUT2D eigenvalue weighted by Crippen LogP contribution is 2.56. The summed E-state index contributed by atoms with van der Waals surface area (Å²) in [6.45, 7) is 1.12. The van der Waals surface area contributed by atoms with Crippen LogP contribution in [0.5, 0.6) is 0 Å². The first-order chi connectivity index (χ1) is 14.2. The van der Waals surface area contributed by atoms with E-state index in [2.05, 4.69) is 0 Å². The zero-order valence-corrected chi connectivity index (χ0v) is 16.1. The third kappa shape index (κ3) is 3.44. The van der Waals surface area contributed by atoms with E-state index in [9.17, 15) is 9.59 Å². The van der Waals surface area contributed by atoms with Crippen molar-refractivity contribution in [3.63, 3.8) is 0 Å². The van der Waals surface area contributed by atoms with Gasteiger partial charge in [-0.2, -0.15) is 0 Å². The van der Waals surface area contributed by atoms with E-state index in [1.165, 1.54) is 0 Å². The van der Waals surface area contributed by atoms with E-state index in [0.29, 0.717) is 48.0 Å². The number of carbonyl (C=O) groups is 2. The highest BCUT2D eigenvalue weighted by Gasteiger charge is 2.59. The summed E-state index contributed by atoms with van der Waals surface area (Å²) in [5.74, 6) is 0.944. The molecule has 150 valence electrons. The minimum absolute atomic E-state index is 0.0347. The lowest BCUT2D eigenvalue weighted by atomic mass is 9.91. The van der Waals surface area contributed by atoms with Gasteiger partial charge in [-0.05, 0) is 60.8 Å². The van der Waals surface area contributed by atoms with Gasteiger partial charge in [0.25, 0.3) is 0 Å². The van der Waals surface area contributed by atoms with Gasteiger partial charge < -0.3 is 14.2 Å². The van der Waals surface area contributed by atoms with Crippen molar-refractivity contribution in [3.8, 4) is 0 Å². The molecule has 2 aliphatic carbocycles. The number of esters is 2. The summed E-state index contributed by atoms with van der Waals surface area (Å²) in [5, 5.41) is 0. The first-order valence-corrected chi connectivity index (χ1v) is 10.3. The number of hydrogen-bond donors (Lipinski definition) is 0. The van der Waals surface area contributed by atoms with Gasteiger partial charge in [0.1, 0.15) is 6.10 Å². The number of ether oxygens (including phenoxy) is 3. The van der Waals surface area contributed by atoms with E-state index in [1.807, 2.05) is 36.4 Å². The van der Waals surface area contributed by atoms with Crippen LogP contribution in [0.1, 0.15) is 33.6 Å². The molecule has 0 bridgehead atoms. The maximum Gasteiger partial charge on any atom is 0.338 e. The molecule has 5 heteroatoms. The summed E-state index contributed by atoms with van der Waals surface area (Å²) in [4.78, 5) is 24.8. The van der Waals surface area contributed by atoms with Gasteiger partial charge in [-0.1, -0.05) is 36.4 Å². The van der Waals surface area contributed by atoms with Crippen LogP contribution in [0.2, 0.25) is 0 Å². The van der Waals surface area contributed by atoms with Gasteiger partial charge in [0, 0.05) is 0 Å². The first kappa shape index (κ1) is 18.4. The normalized spacial score (nSPS) is 32.0. The zero-order chi connectivity index (χ0) is 19.8. The monoisotopic (exact) mass is 392 g/mol. The second kappa shape index (κ2) is 7.64. The molecule has 0 spiro atoms. The third-order valence-corrected chi connectivity index (χ3v) is 6.71. The van der Waals surface area contributed by atoms with Gasteiger partial charge in [0.2, 0.25) is 0 Å². The van der Waals surface area contributed by atoms with E-state index < -0.39 is 0 Å². The van der Waals surface area contributed by atoms with E-state index in [0.717, 1.165) is 12.8 Å². The van der Waals surface area contributed by atoms with Gasteiger partial charge in [0.15, 0.2) is 0 Å². The predicted molar refractivity (Wildman–Crippen MR) is 105 cm³/mol. The molecule has 3 fully saturated rings. The molecule has 0 N–H and O–H groups in total. The molecule has 6 atom stereocenters. The Morgan fingerprint density at radius 2 is 1.55 bits per heavy atom. The topological polar surface area (TPSA) is 61.8 Å². The largest absolute Gasteiger partial charge is 0.462 e. The van der Waals surface area contributed by atoms with Gasteiger partial charge in [-0.25, -0.2) is 9.59 Å². The Labute approximate surface area is 170 Å². The molecule has 2 saturated carbocycles. The summed E-state index contributed by atoms with van der Waals surface area (Å²) in [5.41, 5.74) is 1.14. The molecular weight excluding hydrogens is 368 g/mol. The molecule has 1 saturated heterocycles. The fourth-order valence-electron chi connectivity index (χ4n) is 5.46. The highest BCUT2D eigenvalue weighted by atomic mass is 16.6. The summed E-state index contributed by atoms with van der Waals surface area (Å²) in [6, 6.07) is 18.2. The molecule has 5 nitrogen and oxygen atoms in total. The van der Waals surface area contributed by atoms with Crippen molar-refractivity contribution in [2.75, 3.05) is 13.2 Å². The van der Waals surface area contributed by atoms with Crippen molar-refractivity contribution in [2.45, 2.75) is 25.0 Å². The van der Waals surface area contributed by atoms with Crippen LogP contribution in [-0.4, -0.2) is 37.4 Å². The number of carbonyl (C=O) groups excluding carboxylic acids is 2. The maximum atomic E-state index is 12.5. The van der Waals surface area contributed by atoms with Crippen LogP contribution in [-0.2, 0) is 14.2 Å². The standard InChI is InChI=1S/C24H24O5/c25-23(15-7-3-1-4-8-15)28-13-17-11-18-14-27-22-20(12-19(17)21(18)22)29-24(26)16-9-5-2-6-10-16/h1-10,17-22H,11-14H2/t17-,18+,19+,20-,21-,22+/m1/s1. The second-order valence-corrected chi connectivity index (χ2v) is 8.30. The fourth-order valence-corrected chi connectivity index (χ4v) is 5.46. The predicted octanol–water partition coefficient (Wildman–Crippen LogP) is 3.74. The molecule has 0 unspecified atom stereocenters. The Morgan fingerprint density at radius 1 is 0.897 bits per heavy atom. The molecular formula is C24H24O5. The molecule has 0 amide bonds. The molecule has 0 radical (unpaired) electrons. The van der Waals surface area contributed by atoms with Crippen LogP contribution >= 0.6 is 0 Å². The van der Waals surface area contributed by atoms with Crippen molar-refractivity contribution in [3.05, 3.63) is 71.8 Å². The van der Waals surface area contributed by atoms with Gasteiger partial charge in [-0.3, -0.25) is 0 Å². The number of rotatable bonds is 5. The van der Waals surface area contributed by atoms with E-state index in [-0.39, 0.29) is 24.1 Å².